The molecule has 20 heavy (non-hydrogen) atoms. The standard InChI is InChI=1S/C16H21ClFNO/c1-10(2)16(20)15(11-3-5-12(17)6-4-11)19-14-8-7-13(18)9-14/h3-6,10,13-15,19H,7-9H2,1-2H3/t13-,14?,15?/m0/s1. The van der Waals surface area contributed by atoms with E-state index in [1.165, 1.54) is 0 Å². The van der Waals surface area contributed by atoms with Gasteiger partial charge in [0.2, 0.25) is 0 Å². The molecule has 0 aliphatic heterocycles. The van der Waals surface area contributed by atoms with Crippen molar-refractivity contribution in [2.45, 2.75) is 51.4 Å². The first-order chi connectivity index (χ1) is 9.47. The predicted molar refractivity (Wildman–Crippen MR) is 79.7 cm³/mol. The van der Waals surface area contributed by atoms with Gasteiger partial charge in [0, 0.05) is 17.0 Å². The Morgan fingerprint density at radius 3 is 2.45 bits per heavy atom. The van der Waals surface area contributed by atoms with Gasteiger partial charge in [0.25, 0.3) is 0 Å². The number of ketones is 1. The van der Waals surface area contributed by atoms with Gasteiger partial charge in [-0.3, -0.25) is 4.79 Å². The fraction of sp³-hybridized carbons (Fsp3) is 0.562. The molecule has 1 aliphatic carbocycles. The van der Waals surface area contributed by atoms with E-state index in [1.807, 2.05) is 26.0 Å². The van der Waals surface area contributed by atoms with E-state index >= 15 is 0 Å². The Labute approximate surface area is 124 Å². The van der Waals surface area contributed by atoms with Crippen LogP contribution in [-0.2, 0) is 4.79 Å². The fourth-order valence-electron chi connectivity index (χ4n) is 2.64. The lowest BCUT2D eigenvalue weighted by Crippen LogP contribution is -2.37. The number of Topliss-reactive ketones (excluding diaryl/α,β-unsaturated/α-hetero) is 1. The van der Waals surface area contributed by atoms with Crippen LogP contribution in [0, 0.1) is 5.92 Å². The Bertz CT molecular complexity index is 460. The van der Waals surface area contributed by atoms with Crippen molar-refractivity contribution in [1.82, 2.24) is 5.32 Å². The molecule has 1 saturated carbocycles. The van der Waals surface area contributed by atoms with Crippen molar-refractivity contribution in [2.75, 3.05) is 0 Å². The second-order valence-corrected chi connectivity index (χ2v) is 6.25. The molecular formula is C16H21ClFNO. The summed E-state index contributed by atoms with van der Waals surface area (Å²) in [5.74, 6) is 0.0698. The first-order valence-electron chi connectivity index (χ1n) is 7.16. The van der Waals surface area contributed by atoms with Crippen LogP contribution in [0.3, 0.4) is 0 Å². The highest BCUT2D eigenvalue weighted by Crippen LogP contribution is 2.27. The molecule has 110 valence electrons. The molecule has 1 aliphatic rings. The molecule has 0 aromatic heterocycles. The van der Waals surface area contributed by atoms with E-state index in [-0.39, 0.29) is 23.8 Å². The van der Waals surface area contributed by atoms with Crippen LogP contribution in [0.5, 0.6) is 0 Å². The Hall–Kier alpha value is -0.930. The molecule has 0 spiro atoms. The summed E-state index contributed by atoms with van der Waals surface area (Å²) in [6.45, 7) is 3.78. The van der Waals surface area contributed by atoms with Crippen molar-refractivity contribution in [2.24, 2.45) is 5.92 Å². The van der Waals surface area contributed by atoms with Crippen LogP contribution in [0.15, 0.2) is 24.3 Å². The normalized spacial score (nSPS) is 24.1. The zero-order valence-electron chi connectivity index (χ0n) is 11.9. The minimum atomic E-state index is -0.743. The summed E-state index contributed by atoms with van der Waals surface area (Å²) in [7, 11) is 0. The molecule has 0 heterocycles. The van der Waals surface area contributed by atoms with Crippen LogP contribution in [-0.4, -0.2) is 18.0 Å². The summed E-state index contributed by atoms with van der Waals surface area (Å²) in [5, 5.41) is 3.98. The lowest BCUT2D eigenvalue weighted by molar-refractivity contribution is -0.124. The van der Waals surface area contributed by atoms with Crippen LogP contribution in [0.1, 0.15) is 44.7 Å². The van der Waals surface area contributed by atoms with Gasteiger partial charge in [0.15, 0.2) is 5.78 Å². The summed E-state index contributed by atoms with van der Waals surface area (Å²) in [4.78, 5) is 12.4. The Morgan fingerprint density at radius 2 is 1.95 bits per heavy atom. The average molecular weight is 298 g/mol. The number of halogens is 2. The SMILES string of the molecule is CC(C)C(=O)C(NC1CC[C@H](F)C1)c1ccc(Cl)cc1. The van der Waals surface area contributed by atoms with Crippen molar-refractivity contribution in [1.29, 1.82) is 0 Å². The zero-order valence-corrected chi connectivity index (χ0v) is 12.7. The van der Waals surface area contributed by atoms with E-state index in [0.29, 0.717) is 17.9 Å². The highest BCUT2D eigenvalue weighted by Gasteiger charge is 2.30. The number of nitrogens with one attached hydrogen (secondary N) is 1. The molecule has 0 saturated heterocycles. The monoisotopic (exact) mass is 297 g/mol. The lowest BCUT2D eigenvalue weighted by atomic mass is 9.94. The fourth-order valence-corrected chi connectivity index (χ4v) is 2.77. The third-order valence-electron chi connectivity index (χ3n) is 3.83. The van der Waals surface area contributed by atoms with E-state index in [2.05, 4.69) is 5.32 Å². The van der Waals surface area contributed by atoms with Gasteiger partial charge in [0.1, 0.15) is 6.17 Å². The topological polar surface area (TPSA) is 29.1 Å². The number of alkyl halides is 1. The smallest absolute Gasteiger partial charge is 0.156 e. The van der Waals surface area contributed by atoms with Crippen LogP contribution in [0.2, 0.25) is 5.02 Å². The Kier molecular flexibility index (Phi) is 5.17. The Morgan fingerprint density at radius 1 is 1.30 bits per heavy atom. The third-order valence-corrected chi connectivity index (χ3v) is 4.08. The molecule has 1 N–H and O–H groups in total. The van der Waals surface area contributed by atoms with Gasteiger partial charge in [-0.25, -0.2) is 4.39 Å². The molecule has 1 aromatic carbocycles. The van der Waals surface area contributed by atoms with Crippen molar-refractivity contribution in [3.05, 3.63) is 34.9 Å². The van der Waals surface area contributed by atoms with Gasteiger partial charge in [-0.2, -0.15) is 0 Å². The first kappa shape index (κ1) is 15.5. The van der Waals surface area contributed by atoms with Crippen molar-refractivity contribution < 1.29 is 9.18 Å². The maximum absolute atomic E-state index is 13.3. The maximum Gasteiger partial charge on any atom is 0.156 e. The van der Waals surface area contributed by atoms with Gasteiger partial charge in [0.05, 0.1) is 6.04 Å². The van der Waals surface area contributed by atoms with E-state index in [1.54, 1.807) is 12.1 Å². The molecule has 2 unspecified atom stereocenters. The van der Waals surface area contributed by atoms with Crippen LogP contribution < -0.4 is 5.32 Å². The van der Waals surface area contributed by atoms with E-state index in [0.717, 1.165) is 12.0 Å². The molecule has 4 heteroatoms. The van der Waals surface area contributed by atoms with Gasteiger partial charge >= 0.3 is 0 Å². The molecule has 0 bridgehead atoms. The lowest BCUT2D eigenvalue weighted by Gasteiger charge is -2.24. The van der Waals surface area contributed by atoms with Gasteiger partial charge in [-0.1, -0.05) is 37.6 Å². The van der Waals surface area contributed by atoms with Crippen LogP contribution in [0.4, 0.5) is 4.39 Å². The van der Waals surface area contributed by atoms with Gasteiger partial charge < -0.3 is 5.32 Å². The largest absolute Gasteiger partial charge is 0.301 e. The van der Waals surface area contributed by atoms with Crippen LogP contribution >= 0.6 is 11.6 Å². The first-order valence-corrected chi connectivity index (χ1v) is 7.54. The average Bonchev–Trinajstić information content (AvgIpc) is 2.82. The zero-order chi connectivity index (χ0) is 14.7. The van der Waals surface area contributed by atoms with Crippen molar-refractivity contribution in [3.8, 4) is 0 Å². The quantitative estimate of drug-likeness (QED) is 0.887. The van der Waals surface area contributed by atoms with E-state index < -0.39 is 6.17 Å². The third kappa shape index (κ3) is 3.80. The molecule has 1 fully saturated rings. The van der Waals surface area contributed by atoms with E-state index in [4.69, 9.17) is 11.6 Å². The summed E-state index contributed by atoms with van der Waals surface area (Å²) < 4.78 is 13.3. The molecule has 2 rings (SSSR count). The summed E-state index contributed by atoms with van der Waals surface area (Å²) in [6, 6.07) is 7.00. The summed E-state index contributed by atoms with van der Waals surface area (Å²) in [5.41, 5.74) is 0.899. The number of hydrogen-bond acceptors (Lipinski definition) is 2. The van der Waals surface area contributed by atoms with Crippen molar-refractivity contribution >= 4 is 17.4 Å². The highest BCUT2D eigenvalue weighted by atomic mass is 35.5. The molecule has 3 atom stereocenters. The number of rotatable bonds is 5. The van der Waals surface area contributed by atoms with Gasteiger partial charge in [-0.05, 0) is 37.0 Å². The maximum atomic E-state index is 13.3. The number of hydrogen-bond donors (Lipinski definition) is 1. The van der Waals surface area contributed by atoms with E-state index in [9.17, 15) is 9.18 Å². The van der Waals surface area contributed by atoms with Crippen molar-refractivity contribution in [3.63, 3.8) is 0 Å². The van der Waals surface area contributed by atoms with Crippen LogP contribution in [0.25, 0.3) is 0 Å². The number of carbonyl (C=O) groups is 1. The molecule has 0 amide bonds. The molecule has 0 radical (unpaired) electrons. The minimum absolute atomic E-state index is 0.0641. The number of carbonyl (C=O) groups excluding carboxylic acids is 1. The second-order valence-electron chi connectivity index (χ2n) is 5.82. The minimum Gasteiger partial charge on any atom is -0.301 e. The van der Waals surface area contributed by atoms with Gasteiger partial charge in [-0.15, -0.1) is 0 Å². The summed E-state index contributed by atoms with van der Waals surface area (Å²) >= 11 is 5.89. The predicted octanol–water partition coefficient (Wildman–Crippen LogP) is 4.09. The summed E-state index contributed by atoms with van der Waals surface area (Å²) in [6.07, 6.45) is 1.12. The second kappa shape index (κ2) is 6.68. The molecular weight excluding hydrogens is 277 g/mol. The molecule has 1 aromatic rings. The highest BCUT2D eigenvalue weighted by molar-refractivity contribution is 6.30. The molecule has 2 nitrogen and oxygen atoms in total. The Balaban J connectivity index is 2.16. The number of benzene rings is 1.